The van der Waals surface area contributed by atoms with Crippen molar-refractivity contribution >= 4 is 15.9 Å². The van der Waals surface area contributed by atoms with Gasteiger partial charge in [-0.2, -0.15) is 4.98 Å². The van der Waals surface area contributed by atoms with Crippen molar-refractivity contribution in [3.8, 4) is 22.9 Å². The predicted octanol–water partition coefficient (Wildman–Crippen LogP) is 2.76. The molecule has 1 aromatic heterocycles. The fraction of sp³-hybridized carbons (Fsp3) is 0.429. The Morgan fingerprint density at radius 1 is 1.29 bits per heavy atom. The van der Waals surface area contributed by atoms with Crippen molar-refractivity contribution in [2.45, 2.75) is 20.4 Å². The van der Waals surface area contributed by atoms with Crippen LogP contribution in [0.2, 0.25) is 0 Å². The molecule has 0 bridgehead atoms. The Morgan fingerprint density at radius 2 is 2.05 bits per heavy atom. The highest BCUT2D eigenvalue weighted by Crippen LogP contribution is 2.42. The summed E-state index contributed by atoms with van der Waals surface area (Å²) in [6.45, 7) is 5.58. The summed E-state index contributed by atoms with van der Waals surface area (Å²) in [5.74, 6) is 2.25. The van der Waals surface area contributed by atoms with E-state index >= 15 is 0 Å². The molecule has 1 aliphatic rings. The van der Waals surface area contributed by atoms with E-state index in [1.165, 1.54) is 0 Å². The molecule has 0 saturated heterocycles. The average Bonchev–Trinajstić information content (AvgIpc) is 2.86. The maximum atomic E-state index is 5.87. The van der Waals surface area contributed by atoms with Gasteiger partial charge in [0.15, 0.2) is 11.5 Å². The highest BCUT2D eigenvalue weighted by Gasteiger charge is 2.27. The Labute approximate surface area is 130 Å². The van der Waals surface area contributed by atoms with Crippen molar-refractivity contribution in [3.63, 3.8) is 0 Å². The van der Waals surface area contributed by atoms with Gasteiger partial charge in [0.05, 0.1) is 24.2 Å². The summed E-state index contributed by atoms with van der Waals surface area (Å²) in [6.07, 6.45) is 0. The van der Waals surface area contributed by atoms with Crippen LogP contribution in [0.25, 0.3) is 11.4 Å². The second kappa shape index (κ2) is 5.31. The summed E-state index contributed by atoms with van der Waals surface area (Å²) in [4.78, 5) is 4.22. The van der Waals surface area contributed by atoms with Gasteiger partial charge in [0.2, 0.25) is 11.7 Å². The summed E-state index contributed by atoms with van der Waals surface area (Å²) in [5.41, 5.74) is 6.22. The quantitative estimate of drug-likeness (QED) is 0.893. The third-order valence-electron chi connectivity index (χ3n) is 3.14. The molecule has 3 rings (SSSR count). The summed E-state index contributed by atoms with van der Waals surface area (Å²) in [6, 6.07) is 3.73. The van der Waals surface area contributed by atoms with E-state index in [9.17, 15) is 0 Å². The highest BCUT2D eigenvalue weighted by molar-refractivity contribution is 9.10. The molecular weight excluding hydrogens is 338 g/mol. The van der Waals surface area contributed by atoms with Crippen molar-refractivity contribution in [1.29, 1.82) is 0 Å². The minimum atomic E-state index is -0.0442. The number of nitrogens with zero attached hydrogens (tertiary/aromatic N) is 2. The fourth-order valence-electron chi connectivity index (χ4n) is 1.98. The van der Waals surface area contributed by atoms with Gasteiger partial charge in [-0.1, -0.05) is 19.0 Å². The zero-order chi connectivity index (χ0) is 15.0. The summed E-state index contributed by atoms with van der Waals surface area (Å²) in [7, 11) is 0. The number of benzene rings is 1. The first-order chi connectivity index (χ1) is 9.98. The number of hydrogen-bond acceptors (Lipinski definition) is 6. The van der Waals surface area contributed by atoms with Crippen molar-refractivity contribution in [3.05, 3.63) is 22.5 Å². The molecular formula is C14H16BrN3O3. The Kier molecular flexibility index (Phi) is 3.62. The van der Waals surface area contributed by atoms with Crippen LogP contribution in [-0.2, 0) is 6.54 Å². The molecule has 1 aromatic carbocycles. The van der Waals surface area contributed by atoms with E-state index in [4.69, 9.17) is 19.7 Å². The minimum absolute atomic E-state index is 0.0442. The molecule has 0 amide bonds. The second-order valence-corrected chi connectivity index (χ2v) is 6.60. The van der Waals surface area contributed by atoms with Crippen LogP contribution >= 0.6 is 15.9 Å². The van der Waals surface area contributed by atoms with Crippen molar-refractivity contribution in [1.82, 2.24) is 10.1 Å². The smallest absolute Gasteiger partial charge is 0.240 e. The maximum Gasteiger partial charge on any atom is 0.240 e. The molecule has 1 aliphatic heterocycles. The van der Waals surface area contributed by atoms with Crippen molar-refractivity contribution in [2.24, 2.45) is 11.1 Å². The van der Waals surface area contributed by atoms with Gasteiger partial charge in [-0.15, -0.1) is 0 Å². The van der Waals surface area contributed by atoms with Crippen LogP contribution in [0.1, 0.15) is 19.7 Å². The lowest BCUT2D eigenvalue weighted by molar-refractivity contribution is 0.140. The molecule has 0 radical (unpaired) electrons. The lowest BCUT2D eigenvalue weighted by atomic mass is 9.97. The number of rotatable bonds is 2. The van der Waals surface area contributed by atoms with Crippen LogP contribution in [0.5, 0.6) is 11.5 Å². The average molecular weight is 354 g/mol. The largest absolute Gasteiger partial charge is 0.489 e. The molecule has 7 heteroatoms. The van der Waals surface area contributed by atoms with Crippen LogP contribution in [-0.4, -0.2) is 23.4 Å². The molecule has 0 saturated carbocycles. The van der Waals surface area contributed by atoms with E-state index in [0.29, 0.717) is 36.4 Å². The zero-order valence-electron chi connectivity index (χ0n) is 11.9. The molecule has 0 unspecified atom stereocenters. The van der Waals surface area contributed by atoms with Gasteiger partial charge < -0.3 is 19.7 Å². The summed E-state index contributed by atoms with van der Waals surface area (Å²) >= 11 is 3.51. The Morgan fingerprint density at radius 3 is 2.76 bits per heavy atom. The number of aromatic nitrogens is 2. The molecule has 0 spiro atoms. The lowest BCUT2D eigenvalue weighted by Crippen LogP contribution is -2.26. The van der Waals surface area contributed by atoms with Crippen molar-refractivity contribution < 1.29 is 14.0 Å². The molecule has 0 fully saturated rings. The van der Waals surface area contributed by atoms with E-state index in [2.05, 4.69) is 39.9 Å². The monoisotopic (exact) mass is 353 g/mol. The number of nitrogens with two attached hydrogens (primary N) is 1. The van der Waals surface area contributed by atoms with Crippen LogP contribution in [0.3, 0.4) is 0 Å². The topological polar surface area (TPSA) is 83.4 Å². The van der Waals surface area contributed by atoms with Gasteiger partial charge in [0.1, 0.15) is 0 Å². The van der Waals surface area contributed by atoms with Crippen molar-refractivity contribution in [2.75, 3.05) is 13.2 Å². The van der Waals surface area contributed by atoms with E-state index in [-0.39, 0.29) is 12.0 Å². The van der Waals surface area contributed by atoms with Crippen LogP contribution in [0.4, 0.5) is 0 Å². The van der Waals surface area contributed by atoms with E-state index < -0.39 is 0 Å². The van der Waals surface area contributed by atoms with E-state index in [1.54, 1.807) is 0 Å². The maximum absolute atomic E-state index is 5.87. The molecule has 0 atom stereocenters. The third kappa shape index (κ3) is 2.89. The van der Waals surface area contributed by atoms with E-state index in [0.717, 1.165) is 10.0 Å². The minimum Gasteiger partial charge on any atom is -0.489 e. The Hall–Kier alpha value is -1.60. The summed E-state index contributed by atoms with van der Waals surface area (Å²) in [5, 5.41) is 3.92. The normalized spacial score (nSPS) is 16.6. The first kappa shape index (κ1) is 14.3. The molecule has 2 aromatic rings. The standard InChI is InChI=1S/C14H16BrN3O3/c1-14(2)6-19-10-4-8(3-9(15)12(10)20-7-14)13-17-11(5-16)21-18-13/h3-4H,5-7,16H2,1-2H3. The number of ether oxygens (including phenoxy) is 2. The summed E-state index contributed by atoms with van der Waals surface area (Å²) < 4.78 is 17.6. The first-order valence-electron chi connectivity index (χ1n) is 6.61. The Bertz CT molecular complexity index is 669. The van der Waals surface area contributed by atoms with Gasteiger partial charge in [0.25, 0.3) is 0 Å². The molecule has 2 heterocycles. The van der Waals surface area contributed by atoms with Gasteiger partial charge in [-0.25, -0.2) is 0 Å². The molecule has 21 heavy (non-hydrogen) atoms. The number of fused-ring (bicyclic) bond motifs is 1. The second-order valence-electron chi connectivity index (χ2n) is 5.74. The molecule has 112 valence electrons. The van der Waals surface area contributed by atoms with E-state index in [1.807, 2.05) is 12.1 Å². The molecule has 2 N–H and O–H groups in total. The number of halogens is 1. The van der Waals surface area contributed by atoms with Gasteiger partial charge >= 0.3 is 0 Å². The van der Waals surface area contributed by atoms with Crippen LogP contribution in [0.15, 0.2) is 21.1 Å². The fourth-order valence-corrected chi connectivity index (χ4v) is 2.54. The molecule has 0 aliphatic carbocycles. The third-order valence-corrected chi connectivity index (χ3v) is 3.73. The Balaban J connectivity index is 1.99. The highest BCUT2D eigenvalue weighted by atomic mass is 79.9. The first-order valence-corrected chi connectivity index (χ1v) is 7.40. The van der Waals surface area contributed by atoms with Crippen LogP contribution < -0.4 is 15.2 Å². The predicted molar refractivity (Wildman–Crippen MR) is 80.1 cm³/mol. The SMILES string of the molecule is CC1(C)COc2cc(-c3noc(CN)n3)cc(Br)c2OC1. The molecule has 6 nitrogen and oxygen atoms in total. The zero-order valence-corrected chi connectivity index (χ0v) is 13.4. The lowest BCUT2D eigenvalue weighted by Gasteiger charge is -2.19. The number of hydrogen-bond donors (Lipinski definition) is 1. The van der Waals surface area contributed by atoms with Gasteiger partial charge in [-0.3, -0.25) is 0 Å². The van der Waals surface area contributed by atoms with Gasteiger partial charge in [0, 0.05) is 11.0 Å². The van der Waals surface area contributed by atoms with Crippen LogP contribution in [0, 0.1) is 5.41 Å². The van der Waals surface area contributed by atoms with Gasteiger partial charge in [-0.05, 0) is 28.1 Å².